The third-order valence-electron chi connectivity index (χ3n) is 3.86. The molecule has 5 heteroatoms. The van der Waals surface area contributed by atoms with E-state index in [1.807, 2.05) is 63.2 Å². The fraction of sp³-hybridized carbons (Fsp3) is 0.333. The zero-order chi connectivity index (χ0) is 17.1. The van der Waals surface area contributed by atoms with Gasteiger partial charge < -0.3 is 0 Å². The summed E-state index contributed by atoms with van der Waals surface area (Å²) in [6.07, 6.45) is 1.79. The predicted octanol–water partition coefficient (Wildman–Crippen LogP) is 3.69. The fourth-order valence-electron chi connectivity index (χ4n) is 2.83. The Hall–Kier alpha value is -1.91. The van der Waals surface area contributed by atoms with Crippen molar-refractivity contribution in [3.8, 4) is 0 Å². The highest BCUT2D eigenvalue weighted by molar-refractivity contribution is 6.30. The number of rotatable bonds is 5. The van der Waals surface area contributed by atoms with Gasteiger partial charge in [0, 0.05) is 16.6 Å². The van der Waals surface area contributed by atoms with Crippen molar-refractivity contribution in [2.75, 3.05) is 14.1 Å². The molecule has 0 aliphatic rings. The minimum atomic E-state index is -0.413. The number of aromatic nitrogens is 2. The van der Waals surface area contributed by atoms with Gasteiger partial charge in [-0.25, -0.2) is 4.68 Å². The molecular weight excluding hydrogens is 310 g/mol. The van der Waals surface area contributed by atoms with Crippen LogP contribution in [0.2, 0.25) is 5.02 Å². The van der Waals surface area contributed by atoms with Crippen molar-refractivity contribution in [2.24, 2.45) is 0 Å². The fourth-order valence-corrected chi connectivity index (χ4v) is 3.03. The normalized spacial score (nSPS) is 13.8. The van der Waals surface area contributed by atoms with Crippen LogP contribution in [0, 0.1) is 13.8 Å². The van der Waals surface area contributed by atoms with Gasteiger partial charge in [0.2, 0.25) is 0 Å². The van der Waals surface area contributed by atoms with Crippen molar-refractivity contribution >= 4 is 17.5 Å². The van der Waals surface area contributed by atoms with Gasteiger partial charge in [-0.1, -0.05) is 29.8 Å². The number of aryl methyl sites for hydroxylation is 2. The van der Waals surface area contributed by atoms with E-state index in [9.17, 15) is 4.79 Å². The molecule has 1 aromatic carbocycles. The standard InChI is InChI=1S/C18H22ClN3O/c1-6-16(14-8-7-9-15(19)11-14)17(21(4)5)18(23)22-13(3)10-12(2)20-22/h6-11,16-17H,1H2,2-5H3/t16-,17+/m0/s1. The summed E-state index contributed by atoms with van der Waals surface area (Å²) in [4.78, 5) is 15.0. The maximum Gasteiger partial charge on any atom is 0.265 e. The molecule has 2 atom stereocenters. The van der Waals surface area contributed by atoms with Crippen molar-refractivity contribution < 1.29 is 4.79 Å². The Labute approximate surface area is 142 Å². The minimum Gasteiger partial charge on any atom is -0.297 e. The lowest BCUT2D eigenvalue weighted by molar-refractivity contribution is 0.0752. The number of benzene rings is 1. The summed E-state index contributed by atoms with van der Waals surface area (Å²) in [5, 5.41) is 4.97. The van der Waals surface area contributed by atoms with Crippen LogP contribution >= 0.6 is 11.6 Å². The maximum absolute atomic E-state index is 13.1. The van der Waals surface area contributed by atoms with Crippen molar-refractivity contribution in [1.82, 2.24) is 14.7 Å². The molecule has 0 fully saturated rings. The van der Waals surface area contributed by atoms with E-state index in [4.69, 9.17) is 11.6 Å². The first-order valence-corrected chi connectivity index (χ1v) is 7.85. The Morgan fingerprint density at radius 3 is 2.52 bits per heavy atom. The van der Waals surface area contributed by atoms with Gasteiger partial charge in [-0.3, -0.25) is 9.69 Å². The van der Waals surface area contributed by atoms with E-state index in [1.165, 1.54) is 4.68 Å². The second-order valence-electron chi connectivity index (χ2n) is 5.90. The topological polar surface area (TPSA) is 38.1 Å². The second kappa shape index (κ2) is 7.11. The van der Waals surface area contributed by atoms with Gasteiger partial charge in [0.1, 0.15) is 6.04 Å². The van der Waals surface area contributed by atoms with E-state index in [1.54, 1.807) is 6.08 Å². The van der Waals surface area contributed by atoms with Crippen molar-refractivity contribution in [1.29, 1.82) is 0 Å². The SMILES string of the molecule is C=C[C@@H](c1cccc(Cl)c1)[C@H](C(=O)n1nc(C)cc1C)N(C)C. The average molecular weight is 332 g/mol. The molecule has 0 N–H and O–H groups in total. The monoisotopic (exact) mass is 331 g/mol. The van der Waals surface area contributed by atoms with Gasteiger partial charge in [-0.15, -0.1) is 6.58 Å². The number of halogens is 1. The number of carbonyl (C=O) groups is 1. The number of likely N-dealkylation sites (N-methyl/N-ethyl adjacent to an activating group) is 1. The molecule has 0 radical (unpaired) electrons. The molecule has 0 aliphatic carbocycles. The molecular formula is C18H22ClN3O. The second-order valence-corrected chi connectivity index (χ2v) is 6.34. The molecule has 1 heterocycles. The van der Waals surface area contributed by atoms with Crippen LogP contribution < -0.4 is 0 Å². The summed E-state index contributed by atoms with van der Waals surface area (Å²) >= 11 is 6.10. The first-order chi connectivity index (χ1) is 10.8. The first kappa shape index (κ1) is 17.4. The van der Waals surface area contributed by atoms with Crippen molar-refractivity contribution in [3.63, 3.8) is 0 Å². The Kier molecular flexibility index (Phi) is 5.39. The summed E-state index contributed by atoms with van der Waals surface area (Å²) in [5.41, 5.74) is 2.61. The molecule has 0 saturated heterocycles. The molecule has 122 valence electrons. The maximum atomic E-state index is 13.1. The Morgan fingerprint density at radius 2 is 2.04 bits per heavy atom. The lowest BCUT2D eigenvalue weighted by atomic mass is 9.90. The largest absolute Gasteiger partial charge is 0.297 e. The van der Waals surface area contributed by atoms with Gasteiger partial charge in [-0.05, 0) is 51.7 Å². The van der Waals surface area contributed by atoms with Crippen LogP contribution in [0.4, 0.5) is 0 Å². The third-order valence-corrected chi connectivity index (χ3v) is 4.09. The summed E-state index contributed by atoms with van der Waals surface area (Å²) in [5.74, 6) is -0.259. The summed E-state index contributed by atoms with van der Waals surface area (Å²) in [7, 11) is 3.77. The molecule has 23 heavy (non-hydrogen) atoms. The Balaban J connectivity index is 2.45. The quantitative estimate of drug-likeness (QED) is 0.784. The van der Waals surface area contributed by atoms with E-state index in [0.29, 0.717) is 5.02 Å². The smallest absolute Gasteiger partial charge is 0.265 e. The summed E-state index contributed by atoms with van der Waals surface area (Å²) in [6, 6.07) is 9.02. The first-order valence-electron chi connectivity index (χ1n) is 7.47. The lowest BCUT2D eigenvalue weighted by Gasteiger charge is -2.29. The van der Waals surface area contributed by atoms with Gasteiger partial charge in [0.05, 0.1) is 5.69 Å². The van der Waals surface area contributed by atoms with Crippen molar-refractivity contribution in [2.45, 2.75) is 25.8 Å². The van der Waals surface area contributed by atoms with E-state index >= 15 is 0 Å². The van der Waals surface area contributed by atoms with E-state index in [0.717, 1.165) is 17.0 Å². The van der Waals surface area contributed by atoms with Crippen LogP contribution in [-0.4, -0.2) is 40.7 Å². The van der Waals surface area contributed by atoms with E-state index < -0.39 is 6.04 Å². The average Bonchev–Trinajstić information content (AvgIpc) is 2.82. The van der Waals surface area contributed by atoms with E-state index in [-0.39, 0.29) is 11.8 Å². The van der Waals surface area contributed by atoms with E-state index in [2.05, 4.69) is 11.7 Å². The third kappa shape index (κ3) is 3.71. The van der Waals surface area contributed by atoms with Crippen LogP contribution in [0.1, 0.15) is 27.7 Å². The lowest BCUT2D eigenvalue weighted by Crippen LogP contribution is -2.43. The van der Waals surface area contributed by atoms with Crippen LogP contribution in [0.5, 0.6) is 0 Å². The van der Waals surface area contributed by atoms with Crippen LogP contribution in [-0.2, 0) is 0 Å². The van der Waals surface area contributed by atoms with Crippen LogP contribution in [0.3, 0.4) is 0 Å². The highest BCUT2D eigenvalue weighted by Gasteiger charge is 2.32. The molecule has 0 unspecified atom stereocenters. The number of nitrogens with zero attached hydrogens (tertiary/aromatic N) is 3. The molecule has 0 aliphatic heterocycles. The number of hydrogen-bond donors (Lipinski definition) is 0. The Bertz CT molecular complexity index is 721. The number of hydrogen-bond acceptors (Lipinski definition) is 3. The molecule has 0 spiro atoms. The highest BCUT2D eigenvalue weighted by atomic mass is 35.5. The molecule has 4 nitrogen and oxygen atoms in total. The number of carbonyl (C=O) groups excluding carboxylic acids is 1. The predicted molar refractivity (Wildman–Crippen MR) is 94.2 cm³/mol. The van der Waals surface area contributed by atoms with Crippen LogP contribution in [0.15, 0.2) is 43.0 Å². The minimum absolute atomic E-state index is 0.0783. The molecule has 2 aromatic rings. The highest BCUT2D eigenvalue weighted by Crippen LogP contribution is 2.27. The molecule has 1 aromatic heterocycles. The van der Waals surface area contributed by atoms with Crippen molar-refractivity contribution in [3.05, 3.63) is 65.0 Å². The zero-order valence-corrected chi connectivity index (χ0v) is 14.7. The summed E-state index contributed by atoms with van der Waals surface area (Å²) in [6.45, 7) is 7.68. The molecule has 0 saturated carbocycles. The molecule has 0 amide bonds. The summed E-state index contributed by atoms with van der Waals surface area (Å²) < 4.78 is 1.47. The van der Waals surface area contributed by atoms with Gasteiger partial charge in [0.25, 0.3) is 5.91 Å². The van der Waals surface area contributed by atoms with Gasteiger partial charge in [-0.2, -0.15) is 5.10 Å². The molecule has 2 rings (SSSR count). The Morgan fingerprint density at radius 1 is 1.35 bits per heavy atom. The van der Waals surface area contributed by atoms with Gasteiger partial charge >= 0.3 is 0 Å². The zero-order valence-electron chi connectivity index (χ0n) is 14.0. The van der Waals surface area contributed by atoms with Gasteiger partial charge in [0.15, 0.2) is 0 Å². The molecule has 0 bridgehead atoms. The van der Waals surface area contributed by atoms with Crippen LogP contribution in [0.25, 0.3) is 0 Å².